The monoisotopic (exact) mass is 578 g/mol. The van der Waals surface area contributed by atoms with Crippen molar-refractivity contribution < 1.29 is 27.6 Å². The number of hydrogen-bond acceptors (Lipinski definition) is 4. The van der Waals surface area contributed by atoms with Gasteiger partial charge in [0.15, 0.2) is 0 Å². The van der Waals surface area contributed by atoms with Crippen molar-refractivity contribution in [1.82, 2.24) is 19.6 Å². The number of carbonyl (C=O) groups excluding carboxylic acids is 3. The van der Waals surface area contributed by atoms with Gasteiger partial charge in [0.05, 0.1) is 29.4 Å². The molecule has 12 heteroatoms. The van der Waals surface area contributed by atoms with E-state index in [1.165, 1.54) is 41.2 Å². The number of para-hydroxylation sites is 2. The predicted molar refractivity (Wildman–Crippen MR) is 147 cm³/mol. The molecule has 1 spiro atoms. The summed E-state index contributed by atoms with van der Waals surface area (Å²) in [4.78, 5) is 47.1. The van der Waals surface area contributed by atoms with Crippen LogP contribution in [0, 0.1) is 12.5 Å². The van der Waals surface area contributed by atoms with E-state index in [9.17, 15) is 27.6 Å². The van der Waals surface area contributed by atoms with Crippen LogP contribution in [0.1, 0.15) is 48.2 Å². The first-order valence-electron chi connectivity index (χ1n) is 13.4. The molecule has 42 heavy (non-hydrogen) atoms. The minimum Gasteiger partial charge on any atom is -0.330 e. The minimum atomic E-state index is -4.62. The number of benzene rings is 2. The van der Waals surface area contributed by atoms with Crippen molar-refractivity contribution in [1.29, 1.82) is 0 Å². The molecule has 218 valence electrons. The van der Waals surface area contributed by atoms with E-state index in [-0.39, 0.29) is 42.5 Å². The zero-order chi connectivity index (χ0) is 30.4. The number of nitrogens with zero attached hydrogens (tertiary/aromatic N) is 5. The number of likely N-dealkylation sites (N-methyl/N-ethyl adjacent to an activating group) is 1. The third-order valence-corrected chi connectivity index (χ3v) is 7.94. The van der Waals surface area contributed by atoms with E-state index in [4.69, 9.17) is 6.57 Å². The van der Waals surface area contributed by atoms with Crippen LogP contribution in [0.3, 0.4) is 0 Å². The zero-order valence-corrected chi connectivity index (χ0v) is 23.2. The third kappa shape index (κ3) is 4.89. The van der Waals surface area contributed by atoms with Crippen molar-refractivity contribution in [3.8, 4) is 5.69 Å². The molecular formula is C30H29F3N6O3. The van der Waals surface area contributed by atoms with Gasteiger partial charge < -0.3 is 10.2 Å². The molecule has 0 unspecified atom stereocenters. The van der Waals surface area contributed by atoms with Crippen LogP contribution in [0.15, 0.2) is 60.9 Å². The van der Waals surface area contributed by atoms with Crippen molar-refractivity contribution in [3.63, 3.8) is 0 Å². The Hall–Kier alpha value is -4.66. The number of halogens is 3. The quantitative estimate of drug-likeness (QED) is 0.428. The van der Waals surface area contributed by atoms with Gasteiger partial charge in [-0.05, 0) is 36.1 Å². The Balaban J connectivity index is 1.43. The van der Waals surface area contributed by atoms with E-state index in [1.807, 2.05) is 19.9 Å². The molecule has 3 heterocycles. The van der Waals surface area contributed by atoms with Crippen LogP contribution >= 0.6 is 0 Å². The zero-order valence-electron chi connectivity index (χ0n) is 23.2. The number of carbonyl (C=O) groups is 3. The largest absolute Gasteiger partial charge is 0.418 e. The number of alkyl halides is 3. The molecule has 2 aliphatic rings. The molecule has 0 bridgehead atoms. The van der Waals surface area contributed by atoms with Gasteiger partial charge in [-0.1, -0.05) is 44.2 Å². The summed E-state index contributed by atoms with van der Waals surface area (Å²) in [5.74, 6) is -1.37. The molecule has 3 aromatic rings. The highest BCUT2D eigenvalue weighted by atomic mass is 19.4. The summed E-state index contributed by atoms with van der Waals surface area (Å²) >= 11 is 0. The van der Waals surface area contributed by atoms with Gasteiger partial charge >= 0.3 is 12.3 Å². The maximum absolute atomic E-state index is 14.1. The second kappa shape index (κ2) is 10.6. The summed E-state index contributed by atoms with van der Waals surface area (Å²) in [5, 5.41) is 6.86. The van der Waals surface area contributed by atoms with Crippen LogP contribution in [-0.2, 0) is 21.2 Å². The highest BCUT2D eigenvalue weighted by Crippen LogP contribution is 2.47. The molecule has 1 aromatic heterocycles. The highest BCUT2D eigenvalue weighted by molar-refractivity contribution is 6.07. The molecule has 3 atom stereocenters. The normalized spacial score (nSPS) is 20.4. The van der Waals surface area contributed by atoms with Crippen LogP contribution in [0.25, 0.3) is 10.5 Å². The Morgan fingerprint density at radius 3 is 2.57 bits per heavy atom. The summed E-state index contributed by atoms with van der Waals surface area (Å²) in [6.07, 6.45) is -2.77. The number of hydrogen-bond donors (Lipinski definition) is 1. The number of anilines is 1. The lowest BCUT2D eigenvalue weighted by Crippen LogP contribution is -2.51. The molecule has 1 N–H and O–H groups in total. The summed E-state index contributed by atoms with van der Waals surface area (Å²) in [7, 11) is 1.45. The van der Waals surface area contributed by atoms with Crippen molar-refractivity contribution >= 4 is 23.4 Å². The Labute approximate surface area is 240 Å². The Morgan fingerprint density at radius 1 is 1.19 bits per heavy atom. The number of amides is 3. The second-order valence-corrected chi connectivity index (χ2v) is 11.1. The number of fused-ring (bicyclic) bond motifs is 2. The fourth-order valence-electron chi connectivity index (χ4n) is 5.84. The van der Waals surface area contributed by atoms with Gasteiger partial charge in [0.2, 0.25) is 5.91 Å². The van der Waals surface area contributed by atoms with Gasteiger partial charge in [-0.15, -0.1) is 0 Å². The van der Waals surface area contributed by atoms with Crippen molar-refractivity contribution in [2.75, 3.05) is 18.9 Å². The molecule has 3 amide bonds. The second-order valence-electron chi connectivity index (χ2n) is 11.1. The SMILES string of the molecule is [C-]#[N+][C@@H]1C[C@@]2(CN1C(=O)[C@H](CC(C)C)N(C)C(=O)c1cnn(-c3ccccc3C(F)(F)F)c1)C(=O)Nc1ccccc12. The van der Waals surface area contributed by atoms with Crippen LogP contribution < -0.4 is 5.32 Å². The lowest BCUT2D eigenvalue weighted by atomic mass is 9.80. The van der Waals surface area contributed by atoms with E-state index in [0.717, 1.165) is 22.5 Å². The molecule has 0 saturated carbocycles. The average Bonchev–Trinajstić information content (AvgIpc) is 3.67. The summed E-state index contributed by atoms with van der Waals surface area (Å²) in [5.41, 5.74) is -0.831. The van der Waals surface area contributed by atoms with Crippen LogP contribution in [0.5, 0.6) is 0 Å². The first-order chi connectivity index (χ1) is 19.9. The van der Waals surface area contributed by atoms with Gasteiger partial charge in [0, 0.05) is 25.5 Å². The molecule has 9 nitrogen and oxygen atoms in total. The van der Waals surface area contributed by atoms with Crippen LogP contribution in [0.2, 0.25) is 0 Å². The summed E-state index contributed by atoms with van der Waals surface area (Å²) in [6, 6.07) is 11.1. The van der Waals surface area contributed by atoms with E-state index in [0.29, 0.717) is 5.69 Å². The topological polar surface area (TPSA) is 91.9 Å². The van der Waals surface area contributed by atoms with Crippen LogP contribution in [-0.4, -0.2) is 63.1 Å². The number of nitrogens with one attached hydrogen (secondary N) is 1. The maximum atomic E-state index is 14.1. The molecule has 0 aliphatic carbocycles. The molecule has 0 radical (unpaired) electrons. The Kier molecular flexibility index (Phi) is 7.30. The lowest BCUT2D eigenvalue weighted by Gasteiger charge is -2.32. The fourth-order valence-corrected chi connectivity index (χ4v) is 5.84. The Bertz CT molecular complexity index is 1590. The first kappa shape index (κ1) is 28.9. The van der Waals surface area contributed by atoms with E-state index >= 15 is 0 Å². The van der Waals surface area contributed by atoms with Gasteiger partial charge in [-0.25, -0.2) is 11.3 Å². The van der Waals surface area contributed by atoms with Gasteiger partial charge in [-0.3, -0.25) is 24.1 Å². The standard InChI is InChI=1S/C30H29F3N6O3/c1-18(2)13-24(27(41)38-17-29(14-25(38)34-3)20-9-5-7-11-22(20)36-28(29)42)37(4)26(40)19-15-35-39(16-19)23-12-8-6-10-21(23)30(31,32)33/h5-12,15-16,18,24-25H,13-14,17H2,1-2,4H3,(H,36,42)/t24-,25-,29-/m0/s1. The number of aromatic nitrogens is 2. The summed E-state index contributed by atoms with van der Waals surface area (Å²) < 4.78 is 41.7. The highest BCUT2D eigenvalue weighted by Gasteiger charge is 2.59. The van der Waals surface area contributed by atoms with E-state index in [2.05, 4.69) is 15.3 Å². The predicted octanol–water partition coefficient (Wildman–Crippen LogP) is 4.75. The number of rotatable bonds is 6. The third-order valence-electron chi connectivity index (χ3n) is 7.94. The molecule has 1 saturated heterocycles. The van der Waals surface area contributed by atoms with Crippen molar-refractivity contribution in [2.24, 2.45) is 5.92 Å². The van der Waals surface area contributed by atoms with Crippen LogP contribution in [0.4, 0.5) is 18.9 Å². The Morgan fingerprint density at radius 2 is 1.88 bits per heavy atom. The summed E-state index contributed by atoms with van der Waals surface area (Å²) in [6.45, 7) is 11.6. The fraction of sp³-hybridized carbons (Fsp3) is 0.367. The lowest BCUT2D eigenvalue weighted by molar-refractivity contribution is -0.138. The maximum Gasteiger partial charge on any atom is 0.418 e. The van der Waals surface area contributed by atoms with Crippen molar-refractivity contribution in [2.45, 2.75) is 50.5 Å². The molecule has 5 rings (SSSR count). The van der Waals surface area contributed by atoms with E-state index < -0.39 is 41.2 Å². The molecule has 2 aromatic carbocycles. The van der Waals surface area contributed by atoms with Gasteiger partial charge in [0.25, 0.3) is 11.8 Å². The molecule has 1 fully saturated rings. The minimum absolute atomic E-state index is 0.000229. The number of likely N-dealkylation sites (tertiary alicyclic amines) is 1. The smallest absolute Gasteiger partial charge is 0.330 e. The first-order valence-corrected chi connectivity index (χ1v) is 13.4. The van der Waals surface area contributed by atoms with E-state index in [1.54, 1.807) is 18.2 Å². The average molecular weight is 579 g/mol. The van der Waals surface area contributed by atoms with Gasteiger partial charge in [0.1, 0.15) is 11.5 Å². The van der Waals surface area contributed by atoms with Gasteiger partial charge in [-0.2, -0.15) is 18.3 Å². The molecular weight excluding hydrogens is 549 g/mol. The van der Waals surface area contributed by atoms with Crippen molar-refractivity contribution in [3.05, 3.63) is 89.0 Å². The molecule has 2 aliphatic heterocycles.